The lowest BCUT2D eigenvalue weighted by Crippen LogP contribution is -2.15. The van der Waals surface area contributed by atoms with Crippen LogP contribution in [0.2, 0.25) is 0 Å². The van der Waals surface area contributed by atoms with Crippen molar-refractivity contribution in [3.8, 4) is 11.3 Å². The molecule has 2 N–H and O–H groups in total. The van der Waals surface area contributed by atoms with Crippen LogP contribution in [0.25, 0.3) is 22.2 Å². The number of hydrogen-bond acceptors (Lipinski definition) is 3. The van der Waals surface area contributed by atoms with Crippen molar-refractivity contribution < 1.29 is 4.79 Å². The smallest absolute Gasteiger partial charge is 0.250 e. The zero-order valence-electron chi connectivity index (χ0n) is 11.7. The molecule has 0 saturated carbocycles. The van der Waals surface area contributed by atoms with E-state index < -0.39 is 5.91 Å². The molecule has 0 atom stereocenters. The molecule has 1 aromatic carbocycles. The van der Waals surface area contributed by atoms with Crippen LogP contribution in [0.5, 0.6) is 0 Å². The van der Waals surface area contributed by atoms with Crippen molar-refractivity contribution >= 4 is 16.8 Å². The van der Waals surface area contributed by atoms with Gasteiger partial charge in [0.25, 0.3) is 0 Å². The Labute approximate surface area is 122 Å². The number of hydrogen-bond donors (Lipinski definition) is 1. The molecule has 0 aliphatic carbocycles. The van der Waals surface area contributed by atoms with Gasteiger partial charge in [-0.2, -0.15) is 0 Å². The predicted octanol–water partition coefficient (Wildman–Crippen LogP) is 2.96. The molecule has 21 heavy (non-hydrogen) atoms. The lowest BCUT2D eigenvalue weighted by molar-refractivity contribution is 0.100. The molecule has 1 amide bonds. The number of aromatic nitrogens is 2. The third kappa shape index (κ3) is 2.25. The number of carbonyl (C=O) groups excluding carboxylic acids is 1. The summed E-state index contributed by atoms with van der Waals surface area (Å²) in [6.07, 6.45) is 2.41. The number of fused-ring (bicyclic) bond motifs is 1. The van der Waals surface area contributed by atoms with E-state index in [9.17, 15) is 4.79 Å². The van der Waals surface area contributed by atoms with Gasteiger partial charge in [0.15, 0.2) is 0 Å². The lowest BCUT2D eigenvalue weighted by atomic mass is 9.96. The van der Waals surface area contributed by atoms with Crippen molar-refractivity contribution in [3.05, 3.63) is 59.9 Å². The van der Waals surface area contributed by atoms with Crippen LogP contribution in [0.4, 0.5) is 0 Å². The van der Waals surface area contributed by atoms with Crippen LogP contribution in [-0.2, 0) is 6.42 Å². The van der Waals surface area contributed by atoms with E-state index in [1.807, 2.05) is 49.4 Å². The van der Waals surface area contributed by atoms with Crippen molar-refractivity contribution in [2.45, 2.75) is 13.3 Å². The van der Waals surface area contributed by atoms with E-state index in [1.54, 1.807) is 6.20 Å². The first-order valence-electron chi connectivity index (χ1n) is 6.85. The quantitative estimate of drug-likeness (QED) is 0.800. The van der Waals surface area contributed by atoms with E-state index in [2.05, 4.69) is 9.97 Å². The predicted molar refractivity (Wildman–Crippen MR) is 82.9 cm³/mol. The number of nitrogens with two attached hydrogens (primary N) is 1. The Morgan fingerprint density at radius 1 is 1.14 bits per heavy atom. The Kier molecular flexibility index (Phi) is 3.36. The van der Waals surface area contributed by atoms with E-state index in [0.29, 0.717) is 12.0 Å². The Morgan fingerprint density at radius 3 is 2.57 bits per heavy atom. The number of carbonyl (C=O) groups is 1. The average molecular weight is 277 g/mol. The Balaban J connectivity index is 2.46. The van der Waals surface area contributed by atoms with Gasteiger partial charge in [-0.05, 0) is 24.6 Å². The largest absolute Gasteiger partial charge is 0.366 e. The van der Waals surface area contributed by atoms with Crippen LogP contribution in [0.3, 0.4) is 0 Å². The molecule has 0 spiro atoms. The maximum Gasteiger partial charge on any atom is 0.250 e. The molecule has 0 fully saturated rings. The maximum atomic E-state index is 12.0. The lowest BCUT2D eigenvalue weighted by Gasteiger charge is -2.14. The molecule has 0 aliphatic rings. The second-order valence-electron chi connectivity index (χ2n) is 4.76. The zero-order chi connectivity index (χ0) is 14.8. The number of rotatable bonds is 3. The second-order valence-corrected chi connectivity index (χ2v) is 4.76. The Hall–Kier alpha value is -2.75. The minimum atomic E-state index is -0.455. The highest BCUT2D eigenvalue weighted by molar-refractivity contribution is 6.11. The normalized spacial score (nSPS) is 10.7. The van der Waals surface area contributed by atoms with Gasteiger partial charge >= 0.3 is 0 Å². The van der Waals surface area contributed by atoms with Gasteiger partial charge in [-0.1, -0.05) is 31.2 Å². The standard InChI is InChI=1S/C17H15N3O/c1-2-12-16(14-9-5-6-10-19-14)15(17(18)21)11-7-3-4-8-13(11)20-12/h3-10H,2H2,1H3,(H2,18,21). The number of pyridine rings is 2. The number of aryl methyl sites for hydroxylation is 1. The van der Waals surface area contributed by atoms with Gasteiger partial charge in [-0.15, -0.1) is 0 Å². The molecule has 3 aromatic rings. The molecule has 4 nitrogen and oxygen atoms in total. The van der Waals surface area contributed by atoms with Crippen molar-refractivity contribution in [3.63, 3.8) is 0 Å². The SMILES string of the molecule is CCc1nc2ccccc2c(C(N)=O)c1-c1ccccn1. The van der Waals surface area contributed by atoms with Gasteiger partial charge in [0, 0.05) is 17.1 Å². The summed E-state index contributed by atoms with van der Waals surface area (Å²) < 4.78 is 0. The molecule has 0 saturated heterocycles. The Morgan fingerprint density at radius 2 is 1.90 bits per heavy atom. The number of primary amides is 1. The first-order valence-corrected chi connectivity index (χ1v) is 6.85. The summed E-state index contributed by atoms with van der Waals surface area (Å²) in [6, 6.07) is 13.1. The van der Waals surface area contributed by atoms with Gasteiger partial charge in [0.2, 0.25) is 5.91 Å². The summed E-state index contributed by atoms with van der Waals surface area (Å²) in [6.45, 7) is 2.01. The molecular formula is C17H15N3O. The first-order chi connectivity index (χ1) is 10.2. The minimum Gasteiger partial charge on any atom is -0.366 e. The van der Waals surface area contributed by atoms with Crippen LogP contribution in [0.15, 0.2) is 48.7 Å². The fraction of sp³-hybridized carbons (Fsp3) is 0.118. The highest BCUT2D eigenvalue weighted by Gasteiger charge is 2.19. The molecule has 0 bridgehead atoms. The molecule has 104 valence electrons. The van der Waals surface area contributed by atoms with Gasteiger partial charge in [0.05, 0.1) is 22.5 Å². The summed E-state index contributed by atoms with van der Waals surface area (Å²) in [7, 11) is 0. The monoisotopic (exact) mass is 277 g/mol. The third-order valence-corrected chi connectivity index (χ3v) is 3.47. The fourth-order valence-corrected chi connectivity index (χ4v) is 2.56. The van der Waals surface area contributed by atoms with E-state index in [-0.39, 0.29) is 0 Å². The highest BCUT2D eigenvalue weighted by atomic mass is 16.1. The van der Waals surface area contributed by atoms with Gasteiger partial charge < -0.3 is 5.73 Å². The van der Waals surface area contributed by atoms with E-state index in [4.69, 9.17) is 5.73 Å². The van der Waals surface area contributed by atoms with E-state index in [0.717, 1.165) is 27.9 Å². The highest BCUT2D eigenvalue weighted by Crippen LogP contribution is 2.31. The molecule has 2 aromatic heterocycles. The van der Waals surface area contributed by atoms with Crippen LogP contribution < -0.4 is 5.73 Å². The summed E-state index contributed by atoms with van der Waals surface area (Å²) in [5.41, 5.74) is 9.22. The summed E-state index contributed by atoms with van der Waals surface area (Å²) in [5, 5.41) is 0.767. The number of para-hydroxylation sites is 1. The molecule has 0 radical (unpaired) electrons. The summed E-state index contributed by atoms with van der Waals surface area (Å²) in [4.78, 5) is 21.1. The fourth-order valence-electron chi connectivity index (χ4n) is 2.56. The third-order valence-electron chi connectivity index (χ3n) is 3.47. The van der Waals surface area contributed by atoms with Crippen molar-refractivity contribution in [1.29, 1.82) is 0 Å². The maximum absolute atomic E-state index is 12.0. The number of amides is 1. The van der Waals surface area contributed by atoms with Gasteiger partial charge in [-0.25, -0.2) is 0 Å². The van der Waals surface area contributed by atoms with Gasteiger partial charge in [-0.3, -0.25) is 14.8 Å². The molecule has 0 unspecified atom stereocenters. The first kappa shape index (κ1) is 13.2. The molecular weight excluding hydrogens is 262 g/mol. The number of nitrogens with zero attached hydrogens (tertiary/aromatic N) is 2. The molecule has 4 heteroatoms. The number of benzene rings is 1. The molecule has 2 heterocycles. The van der Waals surface area contributed by atoms with Crippen molar-refractivity contribution in [2.75, 3.05) is 0 Å². The van der Waals surface area contributed by atoms with Crippen LogP contribution in [0, 0.1) is 0 Å². The minimum absolute atomic E-state index is 0.455. The van der Waals surface area contributed by atoms with E-state index in [1.165, 1.54) is 0 Å². The molecule has 3 rings (SSSR count). The Bertz CT molecular complexity index is 813. The van der Waals surface area contributed by atoms with Crippen molar-refractivity contribution in [2.24, 2.45) is 5.73 Å². The summed E-state index contributed by atoms with van der Waals surface area (Å²) in [5.74, 6) is -0.455. The summed E-state index contributed by atoms with van der Waals surface area (Å²) >= 11 is 0. The zero-order valence-corrected chi connectivity index (χ0v) is 11.7. The van der Waals surface area contributed by atoms with E-state index >= 15 is 0 Å². The topological polar surface area (TPSA) is 68.9 Å². The van der Waals surface area contributed by atoms with Crippen LogP contribution in [0.1, 0.15) is 23.0 Å². The average Bonchev–Trinajstić information content (AvgIpc) is 2.53. The van der Waals surface area contributed by atoms with Crippen LogP contribution in [-0.4, -0.2) is 15.9 Å². The molecule has 0 aliphatic heterocycles. The van der Waals surface area contributed by atoms with Crippen LogP contribution >= 0.6 is 0 Å². The van der Waals surface area contributed by atoms with Crippen molar-refractivity contribution in [1.82, 2.24) is 9.97 Å². The second kappa shape index (κ2) is 5.32. The van der Waals surface area contributed by atoms with Gasteiger partial charge in [0.1, 0.15) is 0 Å².